The van der Waals surface area contributed by atoms with E-state index in [9.17, 15) is 0 Å². The van der Waals surface area contributed by atoms with Crippen LogP contribution in [0.5, 0.6) is 0 Å². The van der Waals surface area contributed by atoms with Crippen molar-refractivity contribution in [3.05, 3.63) is 22.7 Å². The number of fused-ring (bicyclic) bond motifs is 1. The summed E-state index contributed by atoms with van der Waals surface area (Å²) in [6.07, 6.45) is 3.93. The standard InChI is InChI=1S/C13H15ClN2S/c1-9-7-10(14)8-11-12(9)15-13(17-11)16-5-3-2-4-6-16/h7-8H,2-6H2,1H3. The molecule has 3 rings (SSSR count). The molecule has 0 atom stereocenters. The van der Waals surface area contributed by atoms with Gasteiger partial charge in [0.25, 0.3) is 0 Å². The summed E-state index contributed by atoms with van der Waals surface area (Å²) in [5.74, 6) is 0. The maximum Gasteiger partial charge on any atom is 0.186 e. The molecule has 1 saturated heterocycles. The second kappa shape index (κ2) is 4.46. The van der Waals surface area contributed by atoms with Crippen LogP contribution in [0.15, 0.2) is 12.1 Å². The topological polar surface area (TPSA) is 16.1 Å². The highest BCUT2D eigenvalue weighted by atomic mass is 35.5. The van der Waals surface area contributed by atoms with Crippen LogP contribution in [0.1, 0.15) is 24.8 Å². The quantitative estimate of drug-likeness (QED) is 0.767. The van der Waals surface area contributed by atoms with Gasteiger partial charge in [-0.1, -0.05) is 22.9 Å². The fourth-order valence-electron chi connectivity index (χ4n) is 2.36. The number of nitrogens with zero attached hydrogens (tertiary/aromatic N) is 2. The van der Waals surface area contributed by atoms with E-state index >= 15 is 0 Å². The van der Waals surface area contributed by atoms with Crippen LogP contribution < -0.4 is 4.90 Å². The molecule has 1 fully saturated rings. The average Bonchev–Trinajstić information content (AvgIpc) is 2.74. The van der Waals surface area contributed by atoms with Crippen molar-refractivity contribution in [2.24, 2.45) is 0 Å². The zero-order valence-corrected chi connectivity index (χ0v) is 11.4. The van der Waals surface area contributed by atoms with Crippen LogP contribution >= 0.6 is 22.9 Å². The third-order valence-corrected chi connectivity index (χ3v) is 4.55. The number of hydrogen-bond donors (Lipinski definition) is 0. The molecular weight excluding hydrogens is 252 g/mol. The minimum atomic E-state index is 0.809. The van der Waals surface area contributed by atoms with Gasteiger partial charge in [0.05, 0.1) is 10.2 Å². The largest absolute Gasteiger partial charge is 0.348 e. The van der Waals surface area contributed by atoms with Crippen molar-refractivity contribution in [1.29, 1.82) is 0 Å². The molecule has 0 bridgehead atoms. The SMILES string of the molecule is Cc1cc(Cl)cc2sc(N3CCCCC3)nc12. The summed E-state index contributed by atoms with van der Waals surface area (Å²) in [5.41, 5.74) is 2.28. The Morgan fingerprint density at radius 3 is 2.76 bits per heavy atom. The van der Waals surface area contributed by atoms with Crippen LogP contribution in [0.3, 0.4) is 0 Å². The number of aryl methyl sites for hydroxylation is 1. The molecule has 90 valence electrons. The first-order chi connectivity index (χ1) is 8.24. The van der Waals surface area contributed by atoms with Crippen molar-refractivity contribution < 1.29 is 0 Å². The van der Waals surface area contributed by atoms with Crippen molar-refractivity contribution in [3.8, 4) is 0 Å². The predicted octanol–water partition coefficient (Wildman–Crippen LogP) is 4.25. The third-order valence-electron chi connectivity index (χ3n) is 3.27. The number of anilines is 1. The first kappa shape index (κ1) is 11.3. The molecule has 1 aromatic heterocycles. The Kier molecular flexibility index (Phi) is 2.97. The molecule has 17 heavy (non-hydrogen) atoms. The van der Waals surface area contributed by atoms with E-state index < -0.39 is 0 Å². The molecule has 0 spiro atoms. The molecule has 0 aliphatic carbocycles. The second-order valence-electron chi connectivity index (χ2n) is 4.61. The van der Waals surface area contributed by atoms with Gasteiger partial charge in [-0.3, -0.25) is 0 Å². The van der Waals surface area contributed by atoms with Gasteiger partial charge in [-0.05, 0) is 43.9 Å². The molecule has 2 nitrogen and oxygen atoms in total. The number of hydrogen-bond acceptors (Lipinski definition) is 3. The highest BCUT2D eigenvalue weighted by Crippen LogP contribution is 2.33. The van der Waals surface area contributed by atoms with E-state index in [1.807, 2.05) is 12.1 Å². The van der Waals surface area contributed by atoms with Crippen molar-refractivity contribution in [2.45, 2.75) is 26.2 Å². The highest BCUT2D eigenvalue weighted by molar-refractivity contribution is 7.22. The van der Waals surface area contributed by atoms with Crippen LogP contribution in [0.25, 0.3) is 10.2 Å². The van der Waals surface area contributed by atoms with E-state index in [2.05, 4.69) is 11.8 Å². The van der Waals surface area contributed by atoms with Crippen LogP contribution in [0.4, 0.5) is 5.13 Å². The lowest BCUT2D eigenvalue weighted by Crippen LogP contribution is -2.29. The van der Waals surface area contributed by atoms with E-state index in [1.165, 1.54) is 29.5 Å². The van der Waals surface area contributed by atoms with E-state index in [1.54, 1.807) is 11.3 Å². The molecule has 4 heteroatoms. The summed E-state index contributed by atoms with van der Waals surface area (Å²) in [6.45, 7) is 4.37. The van der Waals surface area contributed by atoms with Crippen LogP contribution in [0, 0.1) is 6.92 Å². The zero-order chi connectivity index (χ0) is 11.8. The summed E-state index contributed by atoms with van der Waals surface area (Å²) in [6, 6.07) is 4.01. The van der Waals surface area contributed by atoms with Crippen molar-refractivity contribution in [2.75, 3.05) is 18.0 Å². The Morgan fingerprint density at radius 1 is 1.24 bits per heavy atom. The molecular formula is C13H15ClN2S. The third kappa shape index (κ3) is 2.14. The molecule has 1 aliphatic rings. The van der Waals surface area contributed by atoms with Gasteiger partial charge in [-0.25, -0.2) is 4.98 Å². The van der Waals surface area contributed by atoms with E-state index in [0.29, 0.717) is 0 Å². The molecule has 0 radical (unpaired) electrons. The first-order valence-corrected chi connectivity index (χ1v) is 7.25. The molecule has 0 saturated carbocycles. The normalized spacial score (nSPS) is 16.7. The summed E-state index contributed by atoms with van der Waals surface area (Å²) in [5, 5.41) is 1.97. The van der Waals surface area contributed by atoms with Gasteiger partial charge in [0.1, 0.15) is 0 Å². The predicted molar refractivity (Wildman–Crippen MR) is 75.4 cm³/mol. The minimum Gasteiger partial charge on any atom is -0.348 e. The Morgan fingerprint density at radius 2 is 2.00 bits per heavy atom. The summed E-state index contributed by atoms with van der Waals surface area (Å²) >= 11 is 7.85. The Labute approximate surface area is 110 Å². The van der Waals surface area contributed by atoms with Gasteiger partial charge in [-0.15, -0.1) is 0 Å². The number of rotatable bonds is 1. The monoisotopic (exact) mass is 266 g/mol. The number of thiazole rings is 1. The molecule has 2 heterocycles. The van der Waals surface area contributed by atoms with Gasteiger partial charge >= 0.3 is 0 Å². The van der Waals surface area contributed by atoms with Crippen molar-refractivity contribution in [1.82, 2.24) is 4.98 Å². The van der Waals surface area contributed by atoms with E-state index in [0.717, 1.165) is 28.8 Å². The number of benzene rings is 1. The first-order valence-electron chi connectivity index (χ1n) is 6.06. The van der Waals surface area contributed by atoms with E-state index in [-0.39, 0.29) is 0 Å². The van der Waals surface area contributed by atoms with Gasteiger partial charge in [0, 0.05) is 18.1 Å². The Bertz CT molecular complexity index is 544. The van der Waals surface area contributed by atoms with Crippen LogP contribution in [0.2, 0.25) is 5.02 Å². The summed E-state index contributed by atoms with van der Waals surface area (Å²) < 4.78 is 1.20. The second-order valence-corrected chi connectivity index (χ2v) is 6.06. The maximum atomic E-state index is 6.08. The molecule has 1 aromatic carbocycles. The molecule has 0 amide bonds. The lowest BCUT2D eigenvalue weighted by molar-refractivity contribution is 0.577. The smallest absolute Gasteiger partial charge is 0.186 e. The Hall–Kier alpha value is -0.800. The molecule has 2 aromatic rings. The fourth-order valence-corrected chi connectivity index (χ4v) is 3.84. The average molecular weight is 267 g/mol. The highest BCUT2D eigenvalue weighted by Gasteiger charge is 2.15. The van der Waals surface area contributed by atoms with E-state index in [4.69, 9.17) is 16.6 Å². The van der Waals surface area contributed by atoms with Gasteiger partial charge < -0.3 is 4.90 Å². The lowest BCUT2D eigenvalue weighted by Gasteiger charge is -2.25. The van der Waals surface area contributed by atoms with Gasteiger partial charge in [0.15, 0.2) is 5.13 Å². The number of halogens is 1. The van der Waals surface area contributed by atoms with Crippen LogP contribution in [-0.2, 0) is 0 Å². The Balaban J connectivity index is 2.03. The number of aromatic nitrogens is 1. The number of piperidine rings is 1. The van der Waals surface area contributed by atoms with Crippen molar-refractivity contribution in [3.63, 3.8) is 0 Å². The summed E-state index contributed by atoms with van der Waals surface area (Å²) in [4.78, 5) is 7.17. The van der Waals surface area contributed by atoms with Crippen molar-refractivity contribution >= 4 is 38.3 Å². The molecule has 1 aliphatic heterocycles. The lowest BCUT2D eigenvalue weighted by atomic mass is 10.1. The summed E-state index contributed by atoms with van der Waals surface area (Å²) in [7, 11) is 0. The van der Waals surface area contributed by atoms with Crippen LogP contribution in [-0.4, -0.2) is 18.1 Å². The maximum absolute atomic E-state index is 6.08. The molecule has 0 N–H and O–H groups in total. The van der Waals surface area contributed by atoms with Gasteiger partial charge in [0.2, 0.25) is 0 Å². The minimum absolute atomic E-state index is 0.809. The van der Waals surface area contributed by atoms with Gasteiger partial charge in [-0.2, -0.15) is 0 Å². The zero-order valence-electron chi connectivity index (χ0n) is 9.87. The molecule has 0 unspecified atom stereocenters. The fraction of sp³-hybridized carbons (Fsp3) is 0.462.